The molecule has 2 heterocycles. The van der Waals surface area contributed by atoms with Crippen LogP contribution >= 0.6 is 11.3 Å². The van der Waals surface area contributed by atoms with Crippen molar-refractivity contribution in [3.63, 3.8) is 0 Å². The van der Waals surface area contributed by atoms with Crippen molar-refractivity contribution in [1.29, 1.82) is 5.26 Å². The number of aromatic nitrogens is 1. The van der Waals surface area contributed by atoms with Crippen LogP contribution in [0.3, 0.4) is 0 Å². The third kappa shape index (κ3) is 2.26. The number of aliphatic hydroxyl groups is 1. The smallest absolute Gasteiger partial charge is 0.240 e. The minimum atomic E-state index is -1.07. The number of aliphatic hydroxyl groups excluding tert-OH is 1. The summed E-state index contributed by atoms with van der Waals surface area (Å²) in [5, 5.41) is 19.6. The van der Waals surface area contributed by atoms with Crippen LogP contribution in [0.2, 0.25) is 0 Å². The van der Waals surface area contributed by atoms with Crippen molar-refractivity contribution < 1.29 is 9.84 Å². The second kappa shape index (κ2) is 5.25. The van der Waals surface area contributed by atoms with Gasteiger partial charge in [0, 0.05) is 11.1 Å². The maximum atomic E-state index is 9.90. The van der Waals surface area contributed by atoms with E-state index in [0.717, 1.165) is 16.9 Å². The first-order chi connectivity index (χ1) is 8.67. The summed E-state index contributed by atoms with van der Waals surface area (Å²) in [6, 6.07) is 5.67. The van der Waals surface area contributed by atoms with Crippen LogP contribution in [0.25, 0.3) is 0 Å². The Labute approximate surface area is 109 Å². The molecule has 0 radical (unpaired) electrons. The molecule has 0 amide bonds. The van der Waals surface area contributed by atoms with Crippen molar-refractivity contribution in [2.24, 2.45) is 0 Å². The standard InChI is InChI=1S/C13H14N2O2S/c1-3-9-8(2)18-13(10(9)7-14)17-12(16)11-5-4-6-15-11/h4-6,12,15-16H,3H2,1-2H3. The van der Waals surface area contributed by atoms with Crippen LogP contribution in [0.15, 0.2) is 18.3 Å². The molecule has 0 saturated carbocycles. The Morgan fingerprint density at radius 2 is 2.39 bits per heavy atom. The van der Waals surface area contributed by atoms with E-state index >= 15 is 0 Å². The fourth-order valence-electron chi connectivity index (χ4n) is 1.84. The van der Waals surface area contributed by atoms with Crippen LogP contribution in [-0.4, -0.2) is 10.1 Å². The van der Waals surface area contributed by atoms with Gasteiger partial charge >= 0.3 is 0 Å². The highest BCUT2D eigenvalue weighted by Gasteiger charge is 2.19. The van der Waals surface area contributed by atoms with Gasteiger partial charge in [-0.15, -0.1) is 11.3 Å². The van der Waals surface area contributed by atoms with Crippen LogP contribution in [0.1, 0.15) is 34.9 Å². The number of nitrogens with zero attached hydrogens (tertiary/aromatic N) is 1. The summed E-state index contributed by atoms with van der Waals surface area (Å²) in [7, 11) is 0. The van der Waals surface area contributed by atoms with E-state index in [2.05, 4.69) is 11.1 Å². The number of nitrogens with one attached hydrogen (secondary N) is 1. The topological polar surface area (TPSA) is 69.0 Å². The lowest BCUT2D eigenvalue weighted by Crippen LogP contribution is -2.06. The number of aromatic amines is 1. The maximum absolute atomic E-state index is 9.90. The summed E-state index contributed by atoms with van der Waals surface area (Å²) in [5.74, 6) is 0. The molecule has 5 heteroatoms. The van der Waals surface area contributed by atoms with Gasteiger partial charge in [-0.05, 0) is 31.0 Å². The zero-order valence-electron chi connectivity index (χ0n) is 10.2. The SMILES string of the molecule is CCc1c(C)sc(OC(O)c2ccc[nH]2)c1C#N. The number of nitriles is 1. The van der Waals surface area contributed by atoms with E-state index in [1.807, 2.05) is 13.8 Å². The zero-order valence-corrected chi connectivity index (χ0v) is 11.0. The van der Waals surface area contributed by atoms with Gasteiger partial charge in [-0.2, -0.15) is 5.26 Å². The van der Waals surface area contributed by atoms with Crippen LogP contribution in [0.5, 0.6) is 5.06 Å². The third-order valence-corrected chi connectivity index (χ3v) is 3.79. The van der Waals surface area contributed by atoms with Gasteiger partial charge in [-0.1, -0.05) is 6.92 Å². The number of thiophene rings is 1. The highest BCUT2D eigenvalue weighted by molar-refractivity contribution is 7.14. The Kier molecular flexibility index (Phi) is 3.70. The number of hydrogen-bond acceptors (Lipinski definition) is 4. The second-order valence-electron chi connectivity index (χ2n) is 3.86. The van der Waals surface area contributed by atoms with Gasteiger partial charge in [-0.25, -0.2) is 0 Å². The molecule has 0 saturated heterocycles. The van der Waals surface area contributed by atoms with Gasteiger partial charge in [0.05, 0.1) is 5.69 Å². The second-order valence-corrected chi connectivity index (χ2v) is 5.05. The van der Waals surface area contributed by atoms with Crippen LogP contribution in [-0.2, 0) is 6.42 Å². The number of hydrogen-bond donors (Lipinski definition) is 2. The number of aryl methyl sites for hydroxylation is 1. The molecular formula is C13H14N2O2S. The summed E-state index contributed by atoms with van der Waals surface area (Å²) in [5.41, 5.74) is 2.10. The van der Waals surface area contributed by atoms with Gasteiger partial charge < -0.3 is 14.8 Å². The Bertz CT molecular complexity index is 567. The van der Waals surface area contributed by atoms with Crippen molar-refractivity contribution in [2.75, 3.05) is 0 Å². The van der Waals surface area contributed by atoms with E-state index in [4.69, 9.17) is 4.74 Å². The summed E-state index contributed by atoms with van der Waals surface area (Å²) in [4.78, 5) is 3.93. The first kappa shape index (κ1) is 12.7. The normalized spacial score (nSPS) is 12.1. The lowest BCUT2D eigenvalue weighted by molar-refractivity contribution is -0.0198. The summed E-state index contributed by atoms with van der Waals surface area (Å²) < 4.78 is 5.46. The predicted octanol–water partition coefficient (Wildman–Crippen LogP) is 2.89. The van der Waals surface area contributed by atoms with Crippen LogP contribution in [0.4, 0.5) is 0 Å². The minimum Gasteiger partial charge on any atom is -0.448 e. The molecule has 1 unspecified atom stereocenters. The highest BCUT2D eigenvalue weighted by Crippen LogP contribution is 2.36. The largest absolute Gasteiger partial charge is 0.448 e. The van der Waals surface area contributed by atoms with E-state index in [0.29, 0.717) is 16.3 Å². The summed E-state index contributed by atoms with van der Waals surface area (Å²) in [6.45, 7) is 3.96. The van der Waals surface area contributed by atoms with Crippen molar-refractivity contribution in [3.8, 4) is 11.1 Å². The van der Waals surface area contributed by atoms with Gasteiger partial charge in [-0.3, -0.25) is 0 Å². The molecule has 18 heavy (non-hydrogen) atoms. The number of rotatable bonds is 4. The van der Waals surface area contributed by atoms with E-state index in [9.17, 15) is 10.4 Å². The van der Waals surface area contributed by atoms with Crippen molar-refractivity contribution in [3.05, 3.63) is 40.0 Å². The minimum absolute atomic E-state index is 0.481. The van der Waals surface area contributed by atoms with E-state index in [1.165, 1.54) is 11.3 Å². The fourth-order valence-corrected chi connectivity index (χ4v) is 2.89. The average Bonchev–Trinajstić information content (AvgIpc) is 2.96. The summed E-state index contributed by atoms with van der Waals surface area (Å²) >= 11 is 1.40. The predicted molar refractivity (Wildman–Crippen MR) is 69.5 cm³/mol. The molecule has 4 nitrogen and oxygen atoms in total. The molecule has 0 aliphatic heterocycles. The van der Waals surface area contributed by atoms with E-state index < -0.39 is 6.29 Å². The lowest BCUT2D eigenvalue weighted by Gasteiger charge is -2.10. The molecule has 2 rings (SSSR count). The van der Waals surface area contributed by atoms with E-state index in [1.54, 1.807) is 18.3 Å². The molecule has 0 spiro atoms. The number of H-pyrrole nitrogens is 1. The molecule has 0 aliphatic rings. The molecule has 94 valence electrons. The zero-order chi connectivity index (χ0) is 13.1. The number of ether oxygens (including phenoxy) is 1. The first-order valence-electron chi connectivity index (χ1n) is 5.67. The Hall–Kier alpha value is -1.77. The lowest BCUT2D eigenvalue weighted by atomic mass is 10.1. The third-order valence-electron chi connectivity index (χ3n) is 2.75. The van der Waals surface area contributed by atoms with Gasteiger partial charge in [0.25, 0.3) is 0 Å². The highest BCUT2D eigenvalue weighted by atomic mass is 32.1. The van der Waals surface area contributed by atoms with Crippen molar-refractivity contribution >= 4 is 11.3 Å². The molecule has 2 aromatic rings. The molecule has 0 bridgehead atoms. The van der Waals surface area contributed by atoms with Crippen molar-refractivity contribution in [2.45, 2.75) is 26.6 Å². The first-order valence-corrected chi connectivity index (χ1v) is 6.49. The molecule has 2 aromatic heterocycles. The van der Waals surface area contributed by atoms with Gasteiger partial charge in [0.2, 0.25) is 6.29 Å². The molecule has 1 atom stereocenters. The van der Waals surface area contributed by atoms with Crippen LogP contribution in [0, 0.1) is 18.3 Å². The molecule has 0 fully saturated rings. The average molecular weight is 262 g/mol. The molecule has 0 aromatic carbocycles. The Balaban J connectivity index is 2.27. The monoisotopic (exact) mass is 262 g/mol. The quantitative estimate of drug-likeness (QED) is 0.832. The summed E-state index contributed by atoms with van der Waals surface area (Å²) in [6.07, 6.45) is 1.42. The van der Waals surface area contributed by atoms with Gasteiger partial charge in [0.1, 0.15) is 11.6 Å². The Morgan fingerprint density at radius 3 is 2.94 bits per heavy atom. The maximum Gasteiger partial charge on any atom is 0.240 e. The fraction of sp³-hybridized carbons (Fsp3) is 0.308. The van der Waals surface area contributed by atoms with E-state index in [-0.39, 0.29) is 0 Å². The Morgan fingerprint density at radius 1 is 1.61 bits per heavy atom. The molecule has 2 N–H and O–H groups in total. The van der Waals surface area contributed by atoms with Crippen LogP contribution < -0.4 is 4.74 Å². The van der Waals surface area contributed by atoms with Gasteiger partial charge in [0.15, 0.2) is 5.06 Å². The molecular weight excluding hydrogens is 248 g/mol. The van der Waals surface area contributed by atoms with Crippen molar-refractivity contribution in [1.82, 2.24) is 4.98 Å². The molecule has 0 aliphatic carbocycles.